The van der Waals surface area contributed by atoms with Crippen LogP contribution in [0.4, 0.5) is 14.6 Å². The molecule has 0 radical (unpaired) electrons. The molecule has 106 valence electrons. The van der Waals surface area contributed by atoms with Gasteiger partial charge in [0, 0.05) is 29.9 Å². The number of anilines is 1. The number of hydrogen-bond acceptors (Lipinski definition) is 3. The van der Waals surface area contributed by atoms with Gasteiger partial charge in [0.25, 0.3) is 0 Å². The Labute approximate surface area is 117 Å². The second-order valence-corrected chi connectivity index (χ2v) is 4.96. The molecule has 0 aliphatic heterocycles. The minimum absolute atomic E-state index is 0.260. The quantitative estimate of drug-likeness (QED) is 0.924. The van der Waals surface area contributed by atoms with E-state index in [-0.39, 0.29) is 5.92 Å². The van der Waals surface area contributed by atoms with Crippen molar-refractivity contribution in [2.75, 3.05) is 12.4 Å². The second-order valence-electron chi connectivity index (χ2n) is 4.96. The van der Waals surface area contributed by atoms with Crippen molar-refractivity contribution in [3.63, 3.8) is 0 Å². The summed E-state index contributed by atoms with van der Waals surface area (Å²) in [5.41, 5.74) is 2.14. The molecule has 1 N–H and O–H groups in total. The molecule has 2 rings (SSSR count). The van der Waals surface area contributed by atoms with E-state index in [4.69, 9.17) is 0 Å². The fourth-order valence-electron chi connectivity index (χ4n) is 2.28. The molecule has 3 nitrogen and oxygen atoms in total. The van der Waals surface area contributed by atoms with Crippen LogP contribution in [0.15, 0.2) is 18.2 Å². The third kappa shape index (κ3) is 2.76. The number of halogens is 2. The van der Waals surface area contributed by atoms with Crippen LogP contribution in [0.25, 0.3) is 11.4 Å². The van der Waals surface area contributed by atoms with Crippen molar-refractivity contribution in [3.05, 3.63) is 41.1 Å². The Morgan fingerprint density at radius 1 is 1.05 bits per heavy atom. The summed E-state index contributed by atoms with van der Waals surface area (Å²) in [4.78, 5) is 8.74. The maximum Gasteiger partial charge on any atom is 0.161 e. The summed E-state index contributed by atoms with van der Waals surface area (Å²) in [5, 5.41) is 3.02. The maximum atomic E-state index is 13.3. The van der Waals surface area contributed by atoms with E-state index >= 15 is 0 Å². The molecule has 20 heavy (non-hydrogen) atoms. The Kier molecular flexibility index (Phi) is 3.97. The molecule has 0 saturated heterocycles. The first-order chi connectivity index (χ1) is 9.42. The highest BCUT2D eigenvalue weighted by molar-refractivity contribution is 5.60. The molecule has 5 heteroatoms. The smallest absolute Gasteiger partial charge is 0.161 e. The Bertz CT molecular complexity index is 619. The van der Waals surface area contributed by atoms with Crippen LogP contribution in [0.1, 0.15) is 31.0 Å². The number of rotatable bonds is 3. The number of aryl methyl sites for hydroxylation is 1. The zero-order valence-corrected chi connectivity index (χ0v) is 12.0. The minimum Gasteiger partial charge on any atom is -0.373 e. The molecular formula is C15H17F2N3. The highest BCUT2D eigenvalue weighted by Crippen LogP contribution is 2.28. The average molecular weight is 277 g/mol. The first kappa shape index (κ1) is 14.4. The van der Waals surface area contributed by atoms with Crippen molar-refractivity contribution in [3.8, 4) is 11.4 Å². The number of benzene rings is 1. The van der Waals surface area contributed by atoms with Gasteiger partial charge >= 0.3 is 0 Å². The Morgan fingerprint density at radius 3 is 2.15 bits per heavy atom. The predicted molar refractivity (Wildman–Crippen MR) is 75.8 cm³/mol. The van der Waals surface area contributed by atoms with E-state index in [1.807, 2.05) is 20.8 Å². The molecule has 1 heterocycles. The third-order valence-electron chi connectivity index (χ3n) is 3.07. The molecular weight excluding hydrogens is 260 g/mol. The highest BCUT2D eigenvalue weighted by Gasteiger charge is 2.15. The van der Waals surface area contributed by atoms with Crippen molar-refractivity contribution in [2.45, 2.75) is 26.7 Å². The van der Waals surface area contributed by atoms with Gasteiger partial charge in [-0.15, -0.1) is 0 Å². The van der Waals surface area contributed by atoms with Gasteiger partial charge in [-0.3, -0.25) is 0 Å². The standard InChI is InChI=1S/C15H17F2N3/c1-8(2)13-9(3)19-14(20-15(13)18-4)10-5-11(16)7-12(17)6-10/h5-8H,1-4H3,(H,18,19,20). The summed E-state index contributed by atoms with van der Waals surface area (Å²) in [5.74, 6) is -0.0158. The Morgan fingerprint density at radius 2 is 1.65 bits per heavy atom. The van der Waals surface area contributed by atoms with Gasteiger partial charge in [-0.25, -0.2) is 18.7 Å². The van der Waals surface area contributed by atoms with Gasteiger partial charge in [0.1, 0.15) is 17.5 Å². The molecule has 0 unspecified atom stereocenters. The van der Waals surface area contributed by atoms with Gasteiger partial charge < -0.3 is 5.32 Å². The average Bonchev–Trinajstić information content (AvgIpc) is 2.35. The van der Waals surface area contributed by atoms with E-state index in [0.29, 0.717) is 17.2 Å². The van der Waals surface area contributed by atoms with E-state index in [1.165, 1.54) is 12.1 Å². The summed E-state index contributed by atoms with van der Waals surface area (Å²) in [6.45, 7) is 5.97. The first-order valence-electron chi connectivity index (χ1n) is 6.45. The van der Waals surface area contributed by atoms with Crippen LogP contribution in [-0.2, 0) is 0 Å². The molecule has 0 aliphatic rings. The monoisotopic (exact) mass is 277 g/mol. The molecule has 1 aromatic carbocycles. The largest absolute Gasteiger partial charge is 0.373 e. The molecule has 0 bridgehead atoms. The molecule has 2 aromatic rings. The normalized spacial score (nSPS) is 10.9. The van der Waals surface area contributed by atoms with Crippen LogP contribution in [0.2, 0.25) is 0 Å². The molecule has 0 amide bonds. The summed E-state index contributed by atoms with van der Waals surface area (Å²) >= 11 is 0. The van der Waals surface area contributed by atoms with Crippen LogP contribution in [-0.4, -0.2) is 17.0 Å². The SMILES string of the molecule is CNc1nc(-c2cc(F)cc(F)c2)nc(C)c1C(C)C. The zero-order chi connectivity index (χ0) is 14.9. The van der Waals surface area contributed by atoms with Gasteiger partial charge in [0.2, 0.25) is 0 Å². The van der Waals surface area contributed by atoms with Gasteiger partial charge in [-0.2, -0.15) is 0 Å². The molecule has 0 atom stereocenters. The van der Waals surface area contributed by atoms with Gasteiger partial charge in [0.05, 0.1) is 0 Å². The fraction of sp³-hybridized carbons (Fsp3) is 0.333. The van der Waals surface area contributed by atoms with E-state index in [2.05, 4.69) is 15.3 Å². The van der Waals surface area contributed by atoms with Crippen molar-refractivity contribution in [1.29, 1.82) is 0 Å². The molecule has 0 saturated carbocycles. The van der Waals surface area contributed by atoms with Gasteiger partial charge in [-0.05, 0) is 25.0 Å². The number of hydrogen-bond donors (Lipinski definition) is 1. The molecule has 0 fully saturated rings. The highest BCUT2D eigenvalue weighted by atomic mass is 19.1. The minimum atomic E-state index is -0.639. The van der Waals surface area contributed by atoms with Crippen LogP contribution in [0.3, 0.4) is 0 Å². The van der Waals surface area contributed by atoms with Gasteiger partial charge in [-0.1, -0.05) is 13.8 Å². The summed E-state index contributed by atoms with van der Waals surface area (Å²) in [6.07, 6.45) is 0. The summed E-state index contributed by atoms with van der Waals surface area (Å²) in [6, 6.07) is 3.29. The first-order valence-corrected chi connectivity index (χ1v) is 6.45. The lowest BCUT2D eigenvalue weighted by Crippen LogP contribution is -2.07. The number of nitrogens with zero attached hydrogens (tertiary/aromatic N) is 2. The molecule has 1 aromatic heterocycles. The van der Waals surface area contributed by atoms with E-state index in [9.17, 15) is 8.78 Å². The van der Waals surface area contributed by atoms with E-state index < -0.39 is 11.6 Å². The second kappa shape index (κ2) is 5.53. The Balaban J connectivity index is 2.61. The van der Waals surface area contributed by atoms with Crippen LogP contribution in [0, 0.1) is 18.6 Å². The lowest BCUT2D eigenvalue weighted by molar-refractivity contribution is 0.584. The van der Waals surface area contributed by atoms with Crippen molar-refractivity contribution in [2.24, 2.45) is 0 Å². The topological polar surface area (TPSA) is 37.8 Å². The zero-order valence-electron chi connectivity index (χ0n) is 12.0. The summed E-state index contributed by atoms with van der Waals surface area (Å²) in [7, 11) is 1.77. The predicted octanol–water partition coefficient (Wildman–Crippen LogP) is 3.90. The molecule has 0 aliphatic carbocycles. The lowest BCUT2D eigenvalue weighted by atomic mass is 10.0. The van der Waals surface area contributed by atoms with E-state index in [0.717, 1.165) is 17.3 Å². The molecule has 0 spiro atoms. The third-order valence-corrected chi connectivity index (χ3v) is 3.07. The fourth-order valence-corrected chi connectivity index (χ4v) is 2.28. The van der Waals surface area contributed by atoms with Crippen molar-refractivity contribution < 1.29 is 8.78 Å². The Hall–Kier alpha value is -2.04. The number of nitrogens with one attached hydrogen (secondary N) is 1. The lowest BCUT2D eigenvalue weighted by Gasteiger charge is -2.15. The van der Waals surface area contributed by atoms with Crippen LogP contribution in [0.5, 0.6) is 0 Å². The van der Waals surface area contributed by atoms with E-state index in [1.54, 1.807) is 7.05 Å². The van der Waals surface area contributed by atoms with Crippen LogP contribution < -0.4 is 5.32 Å². The number of aromatic nitrogens is 2. The van der Waals surface area contributed by atoms with Crippen LogP contribution >= 0.6 is 0 Å². The van der Waals surface area contributed by atoms with Crippen molar-refractivity contribution >= 4 is 5.82 Å². The van der Waals surface area contributed by atoms with Gasteiger partial charge in [0.15, 0.2) is 5.82 Å². The maximum absolute atomic E-state index is 13.3. The van der Waals surface area contributed by atoms with Crippen molar-refractivity contribution in [1.82, 2.24) is 9.97 Å². The summed E-state index contributed by atoms with van der Waals surface area (Å²) < 4.78 is 26.6.